The summed E-state index contributed by atoms with van der Waals surface area (Å²) in [4.78, 5) is 32.2. The number of hydrogen-bond acceptors (Lipinski definition) is 8. The number of pyridine rings is 1. The van der Waals surface area contributed by atoms with Crippen molar-refractivity contribution in [1.82, 2.24) is 34.2 Å². The van der Waals surface area contributed by atoms with Crippen LogP contribution in [0.25, 0.3) is 11.2 Å². The van der Waals surface area contributed by atoms with E-state index in [0.29, 0.717) is 39.7 Å². The summed E-state index contributed by atoms with van der Waals surface area (Å²) in [6.45, 7) is 1.97. The number of rotatable bonds is 4. The Bertz CT molecular complexity index is 1320. The van der Waals surface area contributed by atoms with E-state index in [1.165, 1.54) is 10.9 Å². The minimum atomic E-state index is -0.187. The summed E-state index contributed by atoms with van der Waals surface area (Å²) in [6.07, 6.45) is 4.76. The lowest BCUT2D eigenvalue weighted by Gasteiger charge is -2.20. The Hall–Kier alpha value is -3.27. The highest BCUT2D eigenvalue weighted by Crippen LogP contribution is 2.57. The molecule has 0 radical (unpaired) electrons. The molecule has 6 rings (SSSR count). The number of nitrogens with zero attached hydrogens (tertiary/aromatic N) is 8. The lowest BCUT2D eigenvalue weighted by Crippen LogP contribution is -2.24. The number of aryl methyl sites for hydroxylation is 1. The third-order valence-corrected chi connectivity index (χ3v) is 6.25. The second kappa shape index (κ2) is 6.36. The molecule has 0 bridgehead atoms. The Morgan fingerprint density at radius 1 is 1.20 bits per heavy atom. The number of anilines is 1. The number of halogens is 1. The Kier molecular flexibility index (Phi) is 3.73. The Labute approximate surface area is 175 Å². The molecule has 2 aliphatic rings. The van der Waals surface area contributed by atoms with Crippen LogP contribution in [-0.4, -0.2) is 47.3 Å². The van der Waals surface area contributed by atoms with E-state index in [0.717, 1.165) is 18.9 Å². The lowest BCUT2D eigenvalue weighted by atomic mass is 10.2. The molecule has 152 valence electrons. The quantitative estimate of drug-likeness (QED) is 0.484. The van der Waals surface area contributed by atoms with Gasteiger partial charge in [-0.3, -0.25) is 9.36 Å². The van der Waals surface area contributed by atoms with E-state index in [1.807, 2.05) is 6.07 Å². The second-order valence-electron chi connectivity index (χ2n) is 7.84. The first kappa shape index (κ1) is 17.6. The fraction of sp³-hybridized carbons (Fsp3) is 0.368. The number of fused-ring (bicyclic) bond motifs is 2. The SMILES string of the molecule is Cn1cnc2ncn(Cc3nc(C4C5CN(c6cc(Cl)ccn6)CC54)no3)c(=O)c21. The van der Waals surface area contributed by atoms with Gasteiger partial charge in [-0.25, -0.2) is 15.0 Å². The molecule has 1 saturated carbocycles. The Balaban J connectivity index is 1.17. The van der Waals surface area contributed by atoms with E-state index in [1.54, 1.807) is 30.2 Å². The number of piperidine rings is 1. The molecule has 1 aliphatic heterocycles. The van der Waals surface area contributed by atoms with Gasteiger partial charge in [0.15, 0.2) is 17.0 Å². The van der Waals surface area contributed by atoms with Crippen LogP contribution < -0.4 is 10.5 Å². The topological polar surface area (TPSA) is 108 Å². The van der Waals surface area contributed by atoms with Gasteiger partial charge >= 0.3 is 0 Å². The Morgan fingerprint density at radius 2 is 2.00 bits per heavy atom. The van der Waals surface area contributed by atoms with Crippen LogP contribution in [0.1, 0.15) is 17.6 Å². The fourth-order valence-corrected chi connectivity index (χ4v) is 4.61. The molecule has 4 aromatic heterocycles. The lowest BCUT2D eigenvalue weighted by molar-refractivity contribution is 0.363. The van der Waals surface area contributed by atoms with Crippen molar-refractivity contribution in [1.29, 1.82) is 0 Å². The molecule has 4 aromatic rings. The highest BCUT2D eigenvalue weighted by Gasteiger charge is 2.58. The predicted octanol–water partition coefficient (Wildman–Crippen LogP) is 1.46. The molecule has 0 aromatic carbocycles. The van der Waals surface area contributed by atoms with Gasteiger partial charge in [-0.15, -0.1) is 0 Å². The zero-order chi connectivity index (χ0) is 20.4. The second-order valence-corrected chi connectivity index (χ2v) is 8.28. The standard InChI is InChI=1S/C19H17ClN8O2/c1-26-8-22-18-16(26)19(29)28(9-23-18)7-14-24-17(25-30-14)15-11-5-27(6-12(11)15)13-4-10(20)2-3-21-13/h2-4,8-9,11-12,15H,5-7H2,1H3. The first-order valence-electron chi connectivity index (χ1n) is 9.64. The third-order valence-electron chi connectivity index (χ3n) is 6.01. The summed E-state index contributed by atoms with van der Waals surface area (Å²) in [5, 5.41) is 4.86. The number of imidazole rings is 1. The molecule has 2 atom stereocenters. The minimum Gasteiger partial charge on any atom is -0.356 e. The van der Waals surface area contributed by atoms with Gasteiger partial charge in [0, 0.05) is 37.3 Å². The van der Waals surface area contributed by atoms with Gasteiger partial charge < -0.3 is 14.0 Å². The van der Waals surface area contributed by atoms with Gasteiger partial charge in [0.05, 0.1) is 6.33 Å². The monoisotopic (exact) mass is 424 g/mol. The van der Waals surface area contributed by atoms with Crippen LogP contribution in [0.4, 0.5) is 5.82 Å². The number of aromatic nitrogens is 7. The summed E-state index contributed by atoms with van der Waals surface area (Å²) < 4.78 is 8.55. The van der Waals surface area contributed by atoms with E-state index in [4.69, 9.17) is 16.1 Å². The molecular formula is C19H17ClN8O2. The normalized spacial score (nSPS) is 22.6. The van der Waals surface area contributed by atoms with Gasteiger partial charge in [0.25, 0.3) is 5.56 Å². The van der Waals surface area contributed by atoms with Crippen LogP contribution in [0.15, 0.2) is 40.3 Å². The molecule has 30 heavy (non-hydrogen) atoms. The molecule has 0 spiro atoms. The molecule has 10 nitrogen and oxygen atoms in total. The molecule has 2 fully saturated rings. The van der Waals surface area contributed by atoms with E-state index >= 15 is 0 Å². The van der Waals surface area contributed by atoms with E-state index in [2.05, 4.69) is 30.0 Å². The first-order chi connectivity index (χ1) is 14.6. The molecule has 2 unspecified atom stereocenters. The maximum Gasteiger partial charge on any atom is 0.280 e. The van der Waals surface area contributed by atoms with Crippen molar-refractivity contribution >= 4 is 28.6 Å². The van der Waals surface area contributed by atoms with Crippen molar-refractivity contribution in [3.63, 3.8) is 0 Å². The van der Waals surface area contributed by atoms with Crippen LogP contribution in [0.5, 0.6) is 0 Å². The highest BCUT2D eigenvalue weighted by atomic mass is 35.5. The maximum atomic E-state index is 12.7. The van der Waals surface area contributed by atoms with Crippen molar-refractivity contribution < 1.29 is 4.52 Å². The van der Waals surface area contributed by atoms with Gasteiger partial charge in [-0.2, -0.15) is 4.98 Å². The molecule has 11 heteroatoms. The van der Waals surface area contributed by atoms with Crippen LogP contribution in [-0.2, 0) is 13.6 Å². The van der Waals surface area contributed by atoms with Gasteiger partial charge in [0.1, 0.15) is 18.7 Å². The average Bonchev–Trinajstić information content (AvgIpc) is 3.16. The van der Waals surface area contributed by atoms with Crippen molar-refractivity contribution in [2.24, 2.45) is 18.9 Å². The van der Waals surface area contributed by atoms with Gasteiger partial charge in [-0.05, 0) is 24.0 Å². The maximum absolute atomic E-state index is 12.7. The van der Waals surface area contributed by atoms with Gasteiger partial charge in [-0.1, -0.05) is 16.8 Å². The van der Waals surface area contributed by atoms with Crippen molar-refractivity contribution in [2.45, 2.75) is 12.5 Å². The van der Waals surface area contributed by atoms with Crippen molar-refractivity contribution in [3.8, 4) is 0 Å². The fourth-order valence-electron chi connectivity index (χ4n) is 4.46. The number of hydrogen-bond donors (Lipinski definition) is 0. The van der Waals surface area contributed by atoms with Crippen LogP contribution in [0.3, 0.4) is 0 Å². The molecule has 1 aliphatic carbocycles. The first-order valence-corrected chi connectivity index (χ1v) is 10.0. The molecule has 1 saturated heterocycles. The molecule has 0 amide bonds. The van der Waals surface area contributed by atoms with Gasteiger partial charge in [0.2, 0.25) is 5.89 Å². The zero-order valence-electron chi connectivity index (χ0n) is 16.0. The van der Waals surface area contributed by atoms with Crippen LogP contribution in [0.2, 0.25) is 5.02 Å². The van der Waals surface area contributed by atoms with E-state index < -0.39 is 0 Å². The van der Waals surface area contributed by atoms with E-state index in [-0.39, 0.29) is 18.0 Å². The van der Waals surface area contributed by atoms with E-state index in [9.17, 15) is 4.79 Å². The van der Waals surface area contributed by atoms with Crippen LogP contribution >= 0.6 is 11.6 Å². The largest absolute Gasteiger partial charge is 0.356 e. The van der Waals surface area contributed by atoms with Crippen molar-refractivity contribution in [3.05, 3.63) is 58.1 Å². The van der Waals surface area contributed by atoms with Crippen molar-refractivity contribution in [2.75, 3.05) is 18.0 Å². The summed E-state index contributed by atoms with van der Waals surface area (Å²) in [7, 11) is 1.77. The average molecular weight is 425 g/mol. The molecule has 5 heterocycles. The smallest absolute Gasteiger partial charge is 0.280 e. The third kappa shape index (κ3) is 2.71. The Morgan fingerprint density at radius 3 is 2.80 bits per heavy atom. The summed E-state index contributed by atoms with van der Waals surface area (Å²) >= 11 is 6.08. The summed E-state index contributed by atoms with van der Waals surface area (Å²) in [6, 6.07) is 3.66. The molecular weight excluding hydrogens is 408 g/mol. The zero-order valence-corrected chi connectivity index (χ0v) is 16.8. The summed E-state index contributed by atoms with van der Waals surface area (Å²) in [5.74, 6) is 3.25. The molecule has 0 N–H and O–H groups in total. The predicted molar refractivity (Wildman–Crippen MR) is 107 cm³/mol. The summed E-state index contributed by atoms with van der Waals surface area (Å²) in [5.41, 5.74) is 0.686. The highest BCUT2D eigenvalue weighted by molar-refractivity contribution is 6.30. The van der Waals surface area contributed by atoms with Crippen LogP contribution in [0, 0.1) is 11.8 Å². The minimum absolute atomic E-state index is 0.181.